The number of rotatable bonds is 8. The van der Waals surface area contributed by atoms with Crippen molar-refractivity contribution in [1.82, 2.24) is 4.98 Å². The Morgan fingerprint density at radius 1 is 1.29 bits per heavy atom. The van der Waals surface area contributed by atoms with Crippen LogP contribution in [0.2, 0.25) is 0 Å². The molecule has 35 heavy (non-hydrogen) atoms. The number of halogens is 3. The van der Waals surface area contributed by atoms with Crippen molar-refractivity contribution in [2.45, 2.75) is 30.7 Å². The van der Waals surface area contributed by atoms with E-state index in [4.69, 9.17) is 24.7 Å². The Morgan fingerprint density at radius 3 is 2.54 bits per heavy atom. The molecule has 0 radical (unpaired) electrons. The number of carbonyl (C=O) groups is 1. The zero-order chi connectivity index (χ0) is 25.4. The number of amides is 1. The number of carbonyl (C=O) groups excluding carboxylic acids is 1. The normalized spacial score (nSPS) is 22.5. The Morgan fingerprint density at radius 2 is 1.97 bits per heavy atom. The number of ether oxygens (including phenoxy) is 4. The van der Waals surface area contributed by atoms with Gasteiger partial charge in [-0.05, 0) is 42.5 Å². The fraction of sp³-hybridized carbons (Fsp3) is 0.417. The topological polar surface area (TPSA) is 113 Å². The lowest BCUT2D eigenvalue weighted by Gasteiger charge is -2.41. The summed E-state index contributed by atoms with van der Waals surface area (Å²) in [5, 5.41) is 0. The predicted molar refractivity (Wildman–Crippen MR) is 119 cm³/mol. The van der Waals surface area contributed by atoms with Gasteiger partial charge in [-0.1, -0.05) is 18.7 Å². The lowest BCUT2D eigenvalue weighted by molar-refractivity contribution is -0.210. The van der Waals surface area contributed by atoms with Gasteiger partial charge >= 0.3 is 6.18 Å². The van der Waals surface area contributed by atoms with E-state index in [0.717, 1.165) is 18.9 Å². The smallest absolute Gasteiger partial charge is 0.431 e. The molecule has 2 aromatic rings. The van der Waals surface area contributed by atoms with E-state index in [1.165, 1.54) is 31.4 Å². The molecule has 3 N–H and O–H groups in total. The van der Waals surface area contributed by atoms with E-state index in [2.05, 4.69) is 6.58 Å². The van der Waals surface area contributed by atoms with E-state index in [-0.39, 0.29) is 23.7 Å². The van der Waals surface area contributed by atoms with Gasteiger partial charge in [0, 0.05) is 5.56 Å². The number of hydrogen-bond acceptors (Lipinski definition) is 6. The minimum absolute atomic E-state index is 0.116. The summed E-state index contributed by atoms with van der Waals surface area (Å²) in [5.41, 5.74) is 1.09. The van der Waals surface area contributed by atoms with Gasteiger partial charge in [0.05, 0.1) is 20.3 Å². The molecule has 1 aliphatic carbocycles. The van der Waals surface area contributed by atoms with Crippen LogP contribution < -0.4 is 16.0 Å². The van der Waals surface area contributed by atoms with Gasteiger partial charge in [-0.2, -0.15) is 13.2 Å². The molecule has 1 saturated heterocycles. The highest BCUT2D eigenvalue weighted by Gasteiger charge is 2.53. The number of hydrogen-bond donors (Lipinski definition) is 2. The number of pyridine rings is 1. The number of H-pyrrole nitrogens is 1. The summed E-state index contributed by atoms with van der Waals surface area (Å²) in [6.07, 6.45) is -3.27. The Kier molecular flexibility index (Phi) is 6.65. The zero-order valence-electron chi connectivity index (χ0n) is 18.9. The van der Waals surface area contributed by atoms with Crippen LogP contribution in [0.4, 0.5) is 13.2 Å². The molecular formula is C24H25F3N2O6. The summed E-state index contributed by atoms with van der Waals surface area (Å²) >= 11 is 0. The second kappa shape index (κ2) is 9.38. The van der Waals surface area contributed by atoms with Gasteiger partial charge in [0.15, 0.2) is 5.60 Å². The number of nitrogens with one attached hydrogen (secondary N) is 1. The number of nitrogens with two attached hydrogens (primary N) is 1. The molecule has 188 valence electrons. The molecule has 0 spiro atoms. The van der Waals surface area contributed by atoms with E-state index < -0.39 is 40.6 Å². The first-order valence-corrected chi connectivity index (χ1v) is 10.9. The zero-order valence-corrected chi connectivity index (χ0v) is 18.9. The standard InChI is InChI=1S/C24H25F3N2O6/c1-13(32-2)23(15-5-6-15)12-33-10-17(35-23)11-34-16-7-3-14(4-8-16)18-9-19(21(28)30)22(31)29-20(18)24(25,26)27/h3-4,7-9,15,17H,1,5-6,10-12H2,2H3,(H2,28,30)(H,29,31)/t17-,23+/m0/s1. The highest BCUT2D eigenvalue weighted by atomic mass is 19.4. The number of aromatic amines is 1. The lowest BCUT2D eigenvalue weighted by Crippen LogP contribution is -2.52. The molecule has 1 aromatic carbocycles. The molecule has 4 rings (SSSR count). The fourth-order valence-corrected chi connectivity index (χ4v) is 4.18. The van der Waals surface area contributed by atoms with E-state index in [0.29, 0.717) is 24.7 Å². The van der Waals surface area contributed by atoms with Gasteiger partial charge in [-0.25, -0.2) is 0 Å². The summed E-state index contributed by atoms with van der Waals surface area (Å²) in [6.45, 7) is 4.77. The number of alkyl halides is 3. The third kappa shape index (κ3) is 5.06. The average molecular weight is 494 g/mol. The summed E-state index contributed by atoms with van der Waals surface area (Å²) in [7, 11) is 1.54. The van der Waals surface area contributed by atoms with Gasteiger partial charge in [-0.3, -0.25) is 9.59 Å². The molecule has 1 amide bonds. The summed E-state index contributed by atoms with van der Waals surface area (Å²) in [4.78, 5) is 25.0. The van der Waals surface area contributed by atoms with Crippen molar-refractivity contribution in [1.29, 1.82) is 0 Å². The third-order valence-electron chi connectivity index (χ3n) is 6.14. The first kappa shape index (κ1) is 24.8. The van der Waals surface area contributed by atoms with Crippen LogP contribution in [0.3, 0.4) is 0 Å². The molecule has 2 heterocycles. The van der Waals surface area contributed by atoms with Crippen LogP contribution in [0.1, 0.15) is 28.9 Å². The van der Waals surface area contributed by atoms with E-state index >= 15 is 0 Å². The fourth-order valence-electron chi connectivity index (χ4n) is 4.18. The van der Waals surface area contributed by atoms with Crippen molar-refractivity contribution in [2.75, 3.05) is 26.9 Å². The maximum Gasteiger partial charge on any atom is 0.431 e. The molecule has 8 nitrogen and oxygen atoms in total. The van der Waals surface area contributed by atoms with Gasteiger partial charge in [0.2, 0.25) is 0 Å². The SMILES string of the molecule is C=C(OC)[C@@]1(C2CC2)COC[C@@H](COc2ccc(-c3cc(C(N)=O)c(=O)[nH]c3C(F)(F)F)cc2)O1. The van der Waals surface area contributed by atoms with Gasteiger partial charge in [-0.15, -0.1) is 0 Å². The quantitative estimate of drug-likeness (QED) is 0.545. The van der Waals surface area contributed by atoms with E-state index in [1.54, 1.807) is 4.98 Å². The molecule has 2 atom stereocenters. The second-order valence-electron chi connectivity index (χ2n) is 8.54. The maximum atomic E-state index is 13.5. The highest BCUT2D eigenvalue weighted by Crippen LogP contribution is 2.48. The Hall–Kier alpha value is -3.31. The third-order valence-corrected chi connectivity index (χ3v) is 6.14. The van der Waals surface area contributed by atoms with E-state index in [1.807, 2.05) is 0 Å². The van der Waals surface area contributed by atoms with Crippen LogP contribution in [0, 0.1) is 5.92 Å². The highest BCUT2D eigenvalue weighted by molar-refractivity contribution is 5.94. The van der Waals surface area contributed by atoms with Gasteiger partial charge in [0.1, 0.15) is 35.5 Å². The first-order chi connectivity index (χ1) is 16.5. The molecule has 1 aromatic heterocycles. The number of benzene rings is 1. The molecule has 2 fully saturated rings. The van der Waals surface area contributed by atoms with Crippen molar-refractivity contribution in [3.63, 3.8) is 0 Å². The van der Waals surface area contributed by atoms with Crippen LogP contribution in [-0.2, 0) is 20.4 Å². The van der Waals surface area contributed by atoms with Crippen molar-refractivity contribution in [2.24, 2.45) is 11.7 Å². The minimum atomic E-state index is -4.85. The Labute approximate surface area is 198 Å². The van der Waals surface area contributed by atoms with Gasteiger partial charge < -0.3 is 29.7 Å². The second-order valence-corrected chi connectivity index (χ2v) is 8.54. The Bertz CT molecular complexity index is 1170. The predicted octanol–water partition coefficient (Wildman–Crippen LogP) is 3.26. The Balaban J connectivity index is 1.50. The molecule has 0 bridgehead atoms. The van der Waals surface area contributed by atoms with Crippen molar-refractivity contribution in [3.05, 3.63) is 64.3 Å². The number of aromatic nitrogens is 1. The summed E-state index contributed by atoms with van der Waals surface area (Å²) in [5.74, 6) is 0.0288. The van der Waals surface area contributed by atoms with E-state index in [9.17, 15) is 22.8 Å². The first-order valence-electron chi connectivity index (χ1n) is 10.9. The minimum Gasteiger partial charge on any atom is -0.499 e. The lowest BCUT2D eigenvalue weighted by atomic mass is 9.95. The largest absolute Gasteiger partial charge is 0.499 e. The molecule has 1 aliphatic heterocycles. The van der Waals surface area contributed by atoms with Crippen LogP contribution in [0.25, 0.3) is 11.1 Å². The van der Waals surface area contributed by atoms with Crippen molar-refractivity contribution >= 4 is 5.91 Å². The van der Waals surface area contributed by atoms with Crippen LogP contribution in [-0.4, -0.2) is 49.5 Å². The number of primary amides is 1. The molecule has 1 saturated carbocycles. The van der Waals surface area contributed by atoms with Crippen LogP contribution in [0.5, 0.6) is 5.75 Å². The summed E-state index contributed by atoms with van der Waals surface area (Å²) in [6, 6.07) is 6.59. The number of methoxy groups -OCH3 is 1. The van der Waals surface area contributed by atoms with Gasteiger partial charge in [0.25, 0.3) is 11.5 Å². The average Bonchev–Trinajstić information content (AvgIpc) is 3.68. The monoisotopic (exact) mass is 494 g/mol. The molecule has 0 unspecified atom stereocenters. The maximum absolute atomic E-state index is 13.5. The molecule has 11 heteroatoms. The molecular weight excluding hydrogens is 469 g/mol. The summed E-state index contributed by atoms with van der Waals surface area (Å²) < 4.78 is 63.7. The van der Waals surface area contributed by atoms with Crippen molar-refractivity contribution in [3.8, 4) is 16.9 Å². The van der Waals surface area contributed by atoms with Crippen molar-refractivity contribution < 1.29 is 36.9 Å². The molecule has 2 aliphatic rings. The van der Waals surface area contributed by atoms with Crippen LogP contribution >= 0.6 is 0 Å². The van der Waals surface area contributed by atoms with Crippen LogP contribution in [0.15, 0.2) is 47.5 Å².